The fourth-order valence-corrected chi connectivity index (χ4v) is 1.65. The number of ether oxygens (including phenoxy) is 1. The van der Waals surface area contributed by atoms with Crippen LogP contribution in [-0.2, 0) is 9.53 Å². The number of hydrogen-bond donors (Lipinski definition) is 3. The van der Waals surface area contributed by atoms with Crippen molar-refractivity contribution in [2.75, 3.05) is 25.5 Å². The van der Waals surface area contributed by atoms with E-state index in [1.54, 1.807) is 18.2 Å². The first-order valence-electron chi connectivity index (χ1n) is 7.10. The molecular formula is C15H21N3O4. The number of carbonyl (C=O) groups is 3. The standard InChI is InChI=1S/C15H21N3O4/c1-3-4-9-17-12-8-6-5-7-11(12)14(20)22-10-13(19)18-15(21)16-2/h5-8,17H,3-4,9-10H2,1-2H3,(H2,16,18,19,21). The Bertz CT molecular complexity index is 531. The van der Waals surface area contributed by atoms with Crippen molar-refractivity contribution in [1.82, 2.24) is 10.6 Å². The molecule has 1 aromatic rings. The zero-order valence-corrected chi connectivity index (χ0v) is 12.8. The first-order chi connectivity index (χ1) is 10.6. The van der Waals surface area contributed by atoms with Crippen molar-refractivity contribution in [2.24, 2.45) is 0 Å². The fraction of sp³-hybridized carbons (Fsp3) is 0.400. The molecule has 3 amide bonds. The van der Waals surface area contributed by atoms with Gasteiger partial charge >= 0.3 is 12.0 Å². The van der Waals surface area contributed by atoms with Gasteiger partial charge in [0.15, 0.2) is 6.61 Å². The van der Waals surface area contributed by atoms with Crippen LogP contribution in [0.25, 0.3) is 0 Å². The Morgan fingerprint density at radius 1 is 1.18 bits per heavy atom. The van der Waals surface area contributed by atoms with E-state index >= 15 is 0 Å². The summed E-state index contributed by atoms with van der Waals surface area (Å²) in [6, 6.07) is 6.27. The molecule has 0 bridgehead atoms. The zero-order valence-electron chi connectivity index (χ0n) is 12.8. The fourth-order valence-electron chi connectivity index (χ4n) is 1.65. The normalized spacial score (nSPS) is 9.73. The van der Waals surface area contributed by atoms with Crippen LogP contribution in [0.2, 0.25) is 0 Å². The van der Waals surface area contributed by atoms with E-state index < -0.39 is 24.5 Å². The first-order valence-corrected chi connectivity index (χ1v) is 7.10. The van der Waals surface area contributed by atoms with Gasteiger partial charge in [-0.15, -0.1) is 0 Å². The molecule has 0 fully saturated rings. The third-order valence-corrected chi connectivity index (χ3v) is 2.81. The van der Waals surface area contributed by atoms with Crippen molar-refractivity contribution >= 4 is 23.6 Å². The van der Waals surface area contributed by atoms with Crippen LogP contribution in [0.1, 0.15) is 30.1 Å². The molecule has 0 heterocycles. The van der Waals surface area contributed by atoms with Gasteiger partial charge in [0.1, 0.15) is 0 Å². The van der Waals surface area contributed by atoms with Crippen LogP contribution in [-0.4, -0.2) is 38.1 Å². The molecule has 0 saturated carbocycles. The smallest absolute Gasteiger partial charge is 0.340 e. The Morgan fingerprint density at radius 3 is 2.59 bits per heavy atom. The Hall–Kier alpha value is -2.57. The molecule has 0 aliphatic carbocycles. The molecule has 7 nitrogen and oxygen atoms in total. The van der Waals surface area contributed by atoms with Crippen LogP contribution >= 0.6 is 0 Å². The molecule has 0 spiro atoms. The number of imide groups is 1. The molecule has 0 aliphatic heterocycles. The maximum atomic E-state index is 12.0. The highest BCUT2D eigenvalue weighted by Gasteiger charge is 2.14. The number of rotatable bonds is 7. The number of anilines is 1. The monoisotopic (exact) mass is 307 g/mol. The lowest BCUT2D eigenvalue weighted by molar-refractivity contribution is -0.123. The molecule has 22 heavy (non-hydrogen) atoms. The number of para-hydroxylation sites is 1. The van der Waals surface area contributed by atoms with E-state index in [0.29, 0.717) is 11.3 Å². The summed E-state index contributed by atoms with van der Waals surface area (Å²) in [6.07, 6.45) is 2.02. The van der Waals surface area contributed by atoms with Gasteiger partial charge in [-0.25, -0.2) is 9.59 Å². The maximum Gasteiger partial charge on any atom is 0.340 e. The summed E-state index contributed by atoms with van der Waals surface area (Å²) in [5, 5.41) is 7.40. The molecule has 1 aromatic carbocycles. The molecule has 1 rings (SSSR count). The molecule has 0 saturated heterocycles. The highest BCUT2D eigenvalue weighted by molar-refractivity contribution is 5.99. The molecule has 120 valence electrons. The first kappa shape index (κ1) is 17.5. The zero-order chi connectivity index (χ0) is 16.4. The highest BCUT2D eigenvalue weighted by atomic mass is 16.5. The van der Waals surface area contributed by atoms with Crippen LogP contribution < -0.4 is 16.0 Å². The molecule has 0 aliphatic rings. The second-order valence-corrected chi connectivity index (χ2v) is 4.53. The van der Waals surface area contributed by atoms with Crippen molar-refractivity contribution in [3.8, 4) is 0 Å². The number of urea groups is 1. The van der Waals surface area contributed by atoms with Crippen molar-refractivity contribution in [2.45, 2.75) is 19.8 Å². The van der Waals surface area contributed by atoms with E-state index in [4.69, 9.17) is 4.74 Å². The van der Waals surface area contributed by atoms with E-state index in [2.05, 4.69) is 17.6 Å². The minimum atomic E-state index is -0.691. The SMILES string of the molecule is CCCCNc1ccccc1C(=O)OCC(=O)NC(=O)NC. The van der Waals surface area contributed by atoms with Crippen molar-refractivity contribution < 1.29 is 19.1 Å². The van der Waals surface area contributed by atoms with Gasteiger partial charge in [-0.3, -0.25) is 10.1 Å². The minimum Gasteiger partial charge on any atom is -0.452 e. The van der Waals surface area contributed by atoms with Crippen molar-refractivity contribution in [1.29, 1.82) is 0 Å². The van der Waals surface area contributed by atoms with Gasteiger partial charge in [0.25, 0.3) is 5.91 Å². The number of nitrogens with one attached hydrogen (secondary N) is 3. The molecule has 3 N–H and O–H groups in total. The summed E-state index contributed by atoms with van der Waals surface area (Å²) >= 11 is 0. The third-order valence-electron chi connectivity index (χ3n) is 2.81. The number of amides is 3. The van der Waals surface area contributed by atoms with E-state index in [1.165, 1.54) is 7.05 Å². The lowest BCUT2D eigenvalue weighted by Crippen LogP contribution is -2.39. The van der Waals surface area contributed by atoms with Gasteiger partial charge in [0, 0.05) is 19.3 Å². The van der Waals surface area contributed by atoms with Crippen LogP contribution in [0.4, 0.5) is 10.5 Å². The molecule has 0 unspecified atom stereocenters. The largest absolute Gasteiger partial charge is 0.452 e. The second-order valence-electron chi connectivity index (χ2n) is 4.53. The highest BCUT2D eigenvalue weighted by Crippen LogP contribution is 2.16. The molecule has 0 radical (unpaired) electrons. The summed E-state index contributed by atoms with van der Waals surface area (Å²) in [4.78, 5) is 34.3. The number of esters is 1. The Morgan fingerprint density at radius 2 is 1.91 bits per heavy atom. The minimum absolute atomic E-state index is 0.353. The molecule has 0 aromatic heterocycles. The quantitative estimate of drug-likeness (QED) is 0.524. The number of hydrogen-bond acceptors (Lipinski definition) is 5. The lowest BCUT2D eigenvalue weighted by atomic mass is 10.1. The van der Waals surface area contributed by atoms with Gasteiger partial charge in [0.05, 0.1) is 5.56 Å². The van der Waals surface area contributed by atoms with Crippen LogP contribution in [0, 0.1) is 0 Å². The van der Waals surface area contributed by atoms with Crippen molar-refractivity contribution in [3.63, 3.8) is 0 Å². The molecule has 0 atom stereocenters. The summed E-state index contributed by atoms with van der Waals surface area (Å²) < 4.78 is 4.91. The molecular weight excluding hydrogens is 286 g/mol. The van der Waals surface area contributed by atoms with Gasteiger partial charge in [-0.2, -0.15) is 0 Å². The second kappa shape index (κ2) is 9.38. The topological polar surface area (TPSA) is 96.5 Å². The van der Waals surface area contributed by atoms with Gasteiger partial charge in [-0.05, 0) is 18.6 Å². The van der Waals surface area contributed by atoms with Crippen LogP contribution in [0.3, 0.4) is 0 Å². The van der Waals surface area contributed by atoms with Crippen LogP contribution in [0.5, 0.6) is 0 Å². The summed E-state index contributed by atoms with van der Waals surface area (Å²) in [5.74, 6) is -1.31. The Balaban J connectivity index is 2.58. The average Bonchev–Trinajstić information content (AvgIpc) is 2.53. The number of carbonyl (C=O) groups excluding carboxylic acids is 3. The Labute approximate surface area is 129 Å². The van der Waals surface area contributed by atoms with Gasteiger partial charge < -0.3 is 15.4 Å². The lowest BCUT2D eigenvalue weighted by Gasteiger charge is -2.11. The van der Waals surface area contributed by atoms with Gasteiger partial charge in [0.2, 0.25) is 0 Å². The van der Waals surface area contributed by atoms with E-state index in [9.17, 15) is 14.4 Å². The average molecular weight is 307 g/mol. The number of benzene rings is 1. The molecule has 7 heteroatoms. The maximum absolute atomic E-state index is 12.0. The van der Waals surface area contributed by atoms with Crippen LogP contribution in [0.15, 0.2) is 24.3 Å². The van der Waals surface area contributed by atoms with E-state index in [0.717, 1.165) is 19.4 Å². The Kier molecular flexibility index (Phi) is 7.45. The predicted octanol–water partition coefficient (Wildman–Crippen LogP) is 1.51. The predicted molar refractivity (Wildman–Crippen MR) is 82.7 cm³/mol. The number of unbranched alkanes of at least 4 members (excludes halogenated alkanes) is 1. The van der Waals surface area contributed by atoms with E-state index in [1.807, 2.05) is 11.4 Å². The summed E-state index contributed by atoms with van der Waals surface area (Å²) in [7, 11) is 1.38. The van der Waals surface area contributed by atoms with E-state index in [-0.39, 0.29) is 0 Å². The van der Waals surface area contributed by atoms with Crippen molar-refractivity contribution in [3.05, 3.63) is 29.8 Å². The summed E-state index contributed by atoms with van der Waals surface area (Å²) in [5.41, 5.74) is 1.01. The van der Waals surface area contributed by atoms with Gasteiger partial charge in [-0.1, -0.05) is 25.5 Å². The third kappa shape index (κ3) is 5.82. The summed E-state index contributed by atoms with van der Waals surface area (Å²) in [6.45, 7) is 2.31.